The predicted octanol–water partition coefficient (Wildman–Crippen LogP) is 3.55. The van der Waals surface area contributed by atoms with Gasteiger partial charge in [0.2, 0.25) is 0 Å². The van der Waals surface area contributed by atoms with Crippen LogP contribution in [-0.2, 0) is 0 Å². The first kappa shape index (κ1) is 13.4. The third kappa shape index (κ3) is 1.37. The van der Waals surface area contributed by atoms with Crippen LogP contribution in [0.4, 0.5) is 5.82 Å². The molecular formula is C16H24N4. The Bertz CT molecular complexity index is 708. The Hall–Kier alpha value is -1.58. The molecule has 1 fully saturated rings. The van der Waals surface area contributed by atoms with Crippen LogP contribution >= 0.6 is 0 Å². The highest BCUT2D eigenvalue weighted by Crippen LogP contribution is 2.72. The van der Waals surface area contributed by atoms with Crippen molar-refractivity contribution < 1.29 is 0 Å². The first-order chi connectivity index (χ1) is 9.10. The van der Waals surface area contributed by atoms with Gasteiger partial charge in [-0.25, -0.2) is 9.97 Å². The summed E-state index contributed by atoms with van der Waals surface area (Å²) in [5.74, 6) is 1.34. The van der Waals surface area contributed by atoms with Crippen LogP contribution in [0.15, 0.2) is 0 Å². The van der Waals surface area contributed by atoms with Crippen molar-refractivity contribution in [1.29, 1.82) is 0 Å². The van der Waals surface area contributed by atoms with Crippen LogP contribution in [-0.4, -0.2) is 14.5 Å². The minimum atomic E-state index is 0.268. The van der Waals surface area contributed by atoms with Crippen molar-refractivity contribution in [1.82, 2.24) is 14.5 Å². The molecule has 1 aliphatic carbocycles. The molecular weight excluding hydrogens is 248 g/mol. The molecule has 1 saturated carbocycles. The maximum absolute atomic E-state index is 6.13. The van der Waals surface area contributed by atoms with Gasteiger partial charge in [0.15, 0.2) is 0 Å². The lowest BCUT2D eigenvalue weighted by Gasteiger charge is -2.10. The van der Waals surface area contributed by atoms with E-state index < -0.39 is 0 Å². The Morgan fingerprint density at radius 1 is 1.00 bits per heavy atom. The van der Waals surface area contributed by atoms with Crippen molar-refractivity contribution >= 4 is 16.9 Å². The van der Waals surface area contributed by atoms with E-state index in [1.54, 1.807) is 0 Å². The molecule has 2 N–H and O–H groups in total. The molecule has 0 saturated heterocycles. The highest BCUT2D eigenvalue weighted by molar-refractivity contribution is 5.91. The first-order valence-corrected chi connectivity index (χ1v) is 7.22. The molecule has 2 aromatic rings. The molecule has 2 aromatic heterocycles. The summed E-state index contributed by atoms with van der Waals surface area (Å²) in [6.45, 7) is 15.5. The summed E-state index contributed by atoms with van der Waals surface area (Å²) in [4.78, 5) is 9.01. The fourth-order valence-electron chi connectivity index (χ4n) is 3.76. The fourth-order valence-corrected chi connectivity index (χ4v) is 3.76. The summed E-state index contributed by atoms with van der Waals surface area (Å²) in [5, 5.41) is 1.02. The molecule has 2 heterocycles. The number of fused-ring (bicyclic) bond motifs is 1. The average molecular weight is 272 g/mol. The van der Waals surface area contributed by atoms with Crippen LogP contribution in [0.1, 0.15) is 50.8 Å². The van der Waals surface area contributed by atoms with Gasteiger partial charge in [0, 0.05) is 11.7 Å². The Balaban J connectivity index is 2.36. The normalized spacial score (nSPS) is 20.6. The van der Waals surface area contributed by atoms with E-state index in [1.165, 1.54) is 11.3 Å². The van der Waals surface area contributed by atoms with Crippen molar-refractivity contribution in [3.05, 3.63) is 17.1 Å². The maximum atomic E-state index is 6.13. The van der Waals surface area contributed by atoms with Crippen molar-refractivity contribution in [3.63, 3.8) is 0 Å². The zero-order valence-electron chi connectivity index (χ0n) is 13.5. The largest absolute Gasteiger partial charge is 0.383 e. The molecule has 4 heteroatoms. The second-order valence-corrected chi connectivity index (χ2v) is 7.28. The molecule has 108 valence electrons. The lowest BCUT2D eigenvalue weighted by Crippen LogP contribution is -2.05. The number of hydrogen-bond acceptors (Lipinski definition) is 3. The van der Waals surface area contributed by atoms with Crippen LogP contribution in [0.3, 0.4) is 0 Å². The molecule has 4 nitrogen and oxygen atoms in total. The van der Waals surface area contributed by atoms with Gasteiger partial charge < -0.3 is 10.3 Å². The number of hydrogen-bond donors (Lipinski definition) is 1. The van der Waals surface area contributed by atoms with Gasteiger partial charge in [0.1, 0.15) is 17.3 Å². The summed E-state index contributed by atoms with van der Waals surface area (Å²) < 4.78 is 2.38. The Morgan fingerprint density at radius 3 is 2.05 bits per heavy atom. The Morgan fingerprint density at radius 2 is 1.55 bits per heavy atom. The number of nitrogens with zero attached hydrogens (tertiary/aromatic N) is 3. The standard InChI is InChI=1S/C16H24N4/c1-8-9(2)20(14-15(4,5)16(14,6)7)13-11(8)12(17)18-10(3)19-13/h14H,1-7H3,(H2,17,18,19). The first-order valence-electron chi connectivity index (χ1n) is 7.22. The third-order valence-electron chi connectivity index (χ3n) is 5.74. The highest BCUT2D eigenvalue weighted by Gasteiger charge is 2.66. The summed E-state index contributed by atoms with van der Waals surface area (Å²) in [7, 11) is 0. The molecule has 0 bridgehead atoms. The van der Waals surface area contributed by atoms with Crippen LogP contribution in [0, 0.1) is 31.6 Å². The molecule has 0 amide bonds. The monoisotopic (exact) mass is 272 g/mol. The SMILES string of the molecule is Cc1nc(N)c2c(C)c(C)n(C3C(C)(C)C3(C)C)c2n1. The fraction of sp³-hybridized carbons (Fsp3) is 0.625. The topological polar surface area (TPSA) is 56.7 Å². The Kier molecular flexibility index (Phi) is 2.37. The summed E-state index contributed by atoms with van der Waals surface area (Å²) in [5.41, 5.74) is 10.1. The van der Waals surface area contributed by atoms with Crippen LogP contribution in [0.5, 0.6) is 0 Å². The predicted molar refractivity (Wildman–Crippen MR) is 82.8 cm³/mol. The van der Waals surface area contributed by atoms with Crippen molar-refractivity contribution in [2.24, 2.45) is 10.8 Å². The lowest BCUT2D eigenvalue weighted by atomic mass is 10.0. The van der Waals surface area contributed by atoms with E-state index in [0.29, 0.717) is 11.9 Å². The van der Waals surface area contributed by atoms with E-state index in [9.17, 15) is 0 Å². The third-order valence-corrected chi connectivity index (χ3v) is 5.74. The van der Waals surface area contributed by atoms with E-state index in [1.807, 2.05) is 6.92 Å². The molecule has 0 aliphatic heterocycles. The number of aromatic nitrogens is 3. The van der Waals surface area contributed by atoms with E-state index in [0.717, 1.165) is 16.9 Å². The van der Waals surface area contributed by atoms with E-state index in [-0.39, 0.29) is 10.8 Å². The van der Waals surface area contributed by atoms with Gasteiger partial charge in [-0.2, -0.15) is 0 Å². The number of anilines is 1. The molecule has 0 spiro atoms. The average Bonchev–Trinajstić information content (AvgIpc) is 2.57. The zero-order chi connectivity index (χ0) is 15.0. The number of nitrogen functional groups attached to an aromatic ring is 1. The van der Waals surface area contributed by atoms with Gasteiger partial charge in [-0.3, -0.25) is 0 Å². The van der Waals surface area contributed by atoms with Crippen LogP contribution in [0.25, 0.3) is 11.0 Å². The molecule has 0 atom stereocenters. The van der Waals surface area contributed by atoms with Crippen LogP contribution < -0.4 is 5.73 Å². The number of nitrogens with two attached hydrogens (primary N) is 1. The zero-order valence-corrected chi connectivity index (χ0v) is 13.5. The van der Waals surface area contributed by atoms with Gasteiger partial charge in [-0.05, 0) is 37.2 Å². The van der Waals surface area contributed by atoms with Gasteiger partial charge in [-0.1, -0.05) is 27.7 Å². The van der Waals surface area contributed by atoms with Gasteiger partial charge in [-0.15, -0.1) is 0 Å². The minimum absolute atomic E-state index is 0.268. The van der Waals surface area contributed by atoms with E-state index >= 15 is 0 Å². The molecule has 0 aromatic carbocycles. The lowest BCUT2D eigenvalue weighted by molar-refractivity contribution is 0.457. The molecule has 3 rings (SSSR count). The van der Waals surface area contributed by atoms with Gasteiger partial charge in [0.05, 0.1) is 5.39 Å². The van der Waals surface area contributed by atoms with Gasteiger partial charge >= 0.3 is 0 Å². The number of rotatable bonds is 1. The number of aryl methyl sites for hydroxylation is 2. The smallest absolute Gasteiger partial charge is 0.146 e. The van der Waals surface area contributed by atoms with Crippen molar-refractivity contribution in [3.8, 4) is 0 Å². The second-order valence-electron chi connectivity index (χ2n) is 7.28. The van der Waals surface area contributed by atoms with E-state index in [2.05, 4.69) is 56.1 Å². The summed E-state index contributed by atoms with van der Waals surface area (Å²) in [6.07, 6.45) is 0. The molecule has 20 heavy (non-hydrogen) atoms. The van der Waals surface area contributed by atoms with Crippen molar-refractivity contribution in [2.75, 3.05) is 5.73 Å². The Labute approximate surface area is 120 Å². The van der Waals surface area contributed by atoms with Gasteiger partial charge in [0.25, 0.3) is 0 Å². The molecule has 0 radical (unpaired) electrons. The summed E-state index contributed by atoms with van der Waals surface area (Å²) >= 11 is 0. The molecule has 0 unspecified atom stereocenters. The summed E-state index contributed by atoms with van der Waals surface area (Å²) in [6, 6.07) is 0.458. The van der Waals surface area contributed by atoms with E-state index in [4.69, 9.17) is 5.73 Å². The molecule has 1 aliphatic rings. The van der Waals surface area contributed by atoms with Crippen LogP contribution in [0.2, 0.25) is 0 Å². The maximum Gasteiger partial charge on any atom is 0.146 e. The second kappa shape index (κ2) is 3.54. The minimum Gasteiger partial charge on any atom is -0.383 e. The van der Waals surface area contributed by atoms with Crippen molar-refractivity contribution in [2.45, 2.75) is 54.5 Å². The quantitative estimate of drug-likeness (QED) is 0.863. The highest BCUT2D eigenvalue weighted by atomic mass is 15.2.